The number of aryl methyl sites for hydroxylation is 2. The zero-order valence-electron chi connectivity index (χ0n) is 10.7. The number of nitrogen functional groups attached to an aromatic ring is 1. The van der Waals surface area contributed by atoms with Crippen LogP contribution < -0.4 is 5.73 Å². The first-order valence-electron chi connectivity index (χ1n) is 5.91. The van der Waals surface area contributed by atoms with Gasteiger partial charge >= 0.3 is 5.69 Å². The molecule has 0 bridgehead atoms. The van der Waals surface area contributed by atoms with E-state index in [-0.39, 0.29) is 17.3 Å². The lowest BCUT2D eigenvalue weighted by atomic mass is 10.2. The predicted molar refractivity (Wildman–Crippen MR) is 69.0 cm³/mol. The molecule has 0 aromatic carbocycles. The molecular formula is C11H14N6O2. The third-order valence-corrected chi connectivity index (χ3v) is 2.77. The first-order chi connectivity index (χ1) is 9.08. The molecule has 8 nitrogen and oxygen atoms in total. The average molecular weight is 262 g/mol. The third-order valence-electron chi connectivity index (χ3n) is 2.77. The maximum Gasteiger partial charge on any atom is 0.355 e. The van der Waals surface area contributed by atoms with Gasteiger partial charge < -0.3 is 5.73 Å². The normalized spacial score (nSPS) is 10.6. The number of anilines is 1. The van der Waals surface area contributed by atoms with Gasteiger partial charge in [-0.25, -0.2) is 14.6 Å². The van der Waals surface area contributed by atoms with E-state index in [2.05, 4.69) is 15.1 Å². The number of aromatic nitrogens is 4. The Bertz CT molecular complexity index is 622. The molecule has 0 unspecified atom stereocenters. The van der Waals surface area contributed by atoms with E-state index in [4.69, 9.17) is 5.73 Å². The second-order valence-corrected chi connectivity index (χ2v) is 3.93. The largest absolute Gasteiger partial charge is 0.378 e. The van der Waals surface area contributed by atoms with Crippen molar-refractivity contribution >= 4 is 11.5 Å². The molecule has 2 heterocycles. The fourth-order valence-corrected chi connectivity index (χ4v) is 1.80. The molecule has 100 valence electrons. The maximum absolute atomic E-state index is 11.1. The Morgan fingerprint density at radius 2 is 2.11 bits per heavy atom. The van der Waals surface area contributed by atoms with Crippen molar-refractivity contribution < 1.29 is 4.92 Å². The van der Waals surface area contributed by atoms with Gasteiger partial charge in [-0.1, -0.05) is 13.8 Å². The van der Waals surface area contributed by atoms with Crippen molar-refractivity contribution in [2.24, 2.45) is 0 Å². The van der Waals surface area contributed by atoms with Gasteiger partial charge in [0.1, 0.15) is 6.33 Å². The highest BCUT2D eigenvalue weighted by Crippen LogP contribution is 2.26. The Morgan fingerprint density at radius 1 is 1.37 bits per heavy atom. The van der Waals surface area contributed by atoms with E-state index < -0.39 is 4.92 Å². The highest BCUT2D eigenvalue weighted by Gasteiger charge is 2.24. The molecule has 0 aliphatic carbocycles. The van der Waals surface area contributed by atoms with Gasteiger partial charge in [-0.2, -0.15) is 5.10 Å². The lowest BCUT2D eigenvalue weighted by Gasteiger charge is -2.06. The summed E-state index contributed by atoms with van der Waals surface area (Å²) in [6.45, 7) is 3.91. The molecule has 0 aliphatic heterocycles. The molecule has 0 radical (unpaired) electrons. The Kier molecular flexibility index (Phi) is 3.41. The van der Waals surface area contributed by atoms with Crippen molar-refractivity contribution in [1.29, 1.82) is 0 Å². The van der Waals surface area contributed by atoms with E-state index in [0.29, 0.717) is 6.42 Å². The molecule has 8 heteroatoms. The molecule has 2 aromatic rings. The van der Waals surface area contributed by atoms with E-state index in [9.17, 15) is 10.1 Å². The van der Waals surface area contributed by atoms with Crippen molar-refractivity contribution in [2.45, 2.75) is 26.7 Å². The van der Waals surface area contributed by atoms with Crippen LogP contribution in [-0.2, 0) is 12.8 Å². The summed E-state index contributed by atoms with van der Waals surface area (Å²) in [7, 11) is 0. The Labute approximate surface area is 109 Å². The van der Waals surface area contributed by atoms with Crippen molar-refractivity contribution in [3.63, 3.8) is 0 Å². The lowest BCUT2D eigenvalue weighted by Crippen LogP contribution is -2.10. The average Bonchev–Trinajstić information content (AvgIpc) is 2.81. The number of hydrogen-bond acceptors (Lipinski definition) is 6. The quantitative estimate of drug-likeness (QED) is 0.655. The molecule has 0 spiro atoms. The van der Waals surface area contributed by atoms with E-state index in [1.54, 1.807) is 0 Å². The molecule has 19 heavy (non-hydrogen) atoms. The number of nitrogens with zero attached hydrogens (tertiary/aromatic N) is 5. The van der Waals surface area contributed by atoms with Gasteiger partial charge in [0.05, 0.1) is 10.6 Å². The Hall–Kier alpha value is -2.51. The summed E-state index contributed by atoms with van der Waals surface area (Å²) in [4.78, 5) is 18.1. The van der Waals surface area contributed by atoms with Gasteiger partial charge in [-0.05, 0) is 18.9 Å². The van der Waals surface area contributed by atoms with Crippen LogP contribution in [0.15, 0.2) is 12.4 Å². The predicted octanol–water partition coefficient (Wildman–Crippen LogP) is 1.28. The van der Waals surface area contributed by atoms with Gasteiger partial charge in [0.25, 0.3) is 0 Å². The summed E-state index contributed by atoms with van der Waals surface area (Å²) in [6, 6.07) is 1.90. The van der Waals surface area contributed by atoms with Gasteiger partial charge in [0.15, 0.2) is 0 Å². The first-order valence-corrected chi connectivity index (χ1v) is 5.91. The van der Waals surface area contributed by atoms with Gasteiger partial charge in [-0.15, -0.1) is 0 Å². The van der Waals surface area contributed by atoms with Crippen LogP contribution in [0.5, 0.6) is 0 Å². The van der Waals surface area contributed by atoms with Crippen LogP contribution in [0, 0.1) is 10.1 Å². The number of nitro groups is 1. The smallest absolute Gasteiger partial charge is 0.355 e. The summed E-state index contributed by atoms with van der Waals surface area (Å²) in [5.41, 5.74) is 6.94. The van der Waals surface area contributed by atoms with E-state index in [1.807, 2.05) is 19.9 Å². The number of nitrogens with two attached hydrogens (primary N) is 1. The summed E-state index contributed by atoms with van der Waals surface area (Å²) >= 11 is 0. The van der Waals surface area contributed by atoms with Crippen LogP contribution in [0.4, 0.5) is 11.5 Å². The molecule has 0 aliphatic rings. The third kappa shape index (κ3) is 2.24. The van der Waals surface area contributed by atoms with Crippen LogP contribution in [0.2, 0.25) is 0 Å². The second kappa shape index (κ2) is 5.01. The summed E-state index contributed by atoms with van der Waals surface area (Å²) < 4.78 is 1.47. The molecular weight excluding hydrogens is 248 g/mol. The number of rotatable bonds is 4. The molecule has 0 amide bonds. The summed E-state index contributed by atoms with van der Waals surface area (Å²) in [5.74, 6) is -0.0559. The van der Waals surface area contributed by atoms with Crippen LogP contribution in [0.1, 0.15) is 25.2 Å². The zero-order valence-corrected chi connectivity index (χ0v) is 10.7. The van der Waals surface area contributed by atoms with Gasteiger partial charge in [-0.3, -0.25) is 10.1 Å². The van der Waals surface area contributed by atoms with Crippen LogP contribution in [-0.4, -0.2) is 24.7 Å². The molecule has 0 saturated carbocycles. The zero-order chi connectivity index (χ0) is 14.0. The van der Waals surface area contributed by atoms with Crippen molar-refractivity contribution in [3.8, 4) is 5.82 Å². The van der Waals surface area contributed by atoms with Crippen molar-refractivity contribution in [2.75, 3.05) is 5.73 Å². The molecule has 0 saturated heterocycles. The number of hydrogen-bond donors (Lipinski definition) is 1. The Balaban J connectivity index is 2.68. The van der Waals surface area contributed by atoms with Crippen LogP contribution in [0.3, 0.4) is 0 Å². The van der Waals surface area contributed by atoms with Gasteiger partial charge in [0.2, 0.25) is 11.6 Å². The highest BCUT2D eigenvalue weighted by molar-refractivity contribution is 5.61. The fraction of sp³-hybridized carbons (Fsp3) is 0.364. The SMILES string of the molecule is CCc1cc(CC)n(-c2ncnc(N)c2[N+](=O)[O-])n1. The molecule has 0 fully saturated rings. The lowest BCUT2D eigenvalue weighted by molar-refractivity contribution is -0.384. The van der Waals surface area contributed by atoms with Crippen LogP contribution >= 0.6 is 0 Å². The van der Waals surface area contributed by atoms with Gasteiger partial charge in [0, 0.05) is 5.69 Å². The van der Waals surface area contributed by atoms with Crippen molar-refractivity contribution in [1.82, 2.24) is 19.7 Å². The standard InChI is InChI=1S/C11H14N6O2/c1-3-7-5-8(4-2)16(15-7)11-9(17(18)19)10(12)13-6-14-11/h5-6H,3-4H2,1-2H3,(H2,12,13,14). The van der Waals surface area contributed by atoms with E-state index >= 15 is 0 Å². The van der Waals surface area contributed by atoms with E-state index in [1.165, 1.54) is 11.0 Å². The molecule has 2 rings (SSSR count). The highest BCUT2D eigenvalue weighted by atomic mass is 16.6. The minimum Gasteiger partial charge on any atom is -0.378 e. The van der Waals surface area contributed by atoms with Crippen molar-refractivity contribution in [3.05, 3.63) is 33.9 Å². The molecule has 2 N–H and O–H groups in total. The molecule has 0 atom stereocenters. The Morgan fingerprint density at radius 3 is 2.68 bits per heavy atom. The maximum atomic E-state index is 11.1. The minimum absolute atomic E-state index is 0.106. The monoisotopic (exact) mass is 262 g/mol. The molecule has 2 aromatic heterocycles. The minimum atomic E-state index is -0.586. The van der Waals surface area contributed by atoms with Crippen LogP contribution in [0.25, 0.3) is 5.82 Å². The topological polar surface area (TPSA) is 113 Å². The fourth-order valence-electron chi connectivity index (χ4n) is 1.80. The second-order valence-electron chi connectivity index (χ2n) is 3.93. The first kappa shape index (κ1) is 12.9. The summed E-state index contributed by atoms with van der Waals surface area (Å²) in [6.07, 6.45) is 2.63. The summed E-state index contributed by atoms with van der Waals surface area (Å²) in [5, 5.41) is 15.4. The van der Waals surface area contributed by atoms with E-state index in [0.717, 1.165) is 17.8 Å².